The van der Waals surface area contributed by atoms with Crippen molar-refractivity contribution in [1.29, 1.82) is 0 Å². The maximum atomic E-state index is 9.41. The van der Waals surface area contributed by atoms with Gasteiger partial charge in [-0.2, -0.15) is 0 Å². The fraction of sp³-hybridized carbons (Fsp3) is 0.267. The Labute approximate surface area is 947 Å². The van der Waals surface area contributed by atoms with Gasteiger partial charge in [0.25, 0.3) is 0 Å². The van der Waals surface area contributed by atoms with Crippen molar-refractivity contribution in [2.24, 2.45) is 10.8 Å². The van der Waals surface area contributed by atoms with Crippen LogP contribution in [-0.4, -0.2) is 0 Å². The summed E-state index contributed by atoms with van der Waals surface area (Å²) < 4.78 is 192. The number of nitrogens with zero attached hydrogens (tertiary/aromatic N) is 4. The SMILES string of the molecule is Cc1cc(-c2ccc3c(c2)C2(C)CCC3(C)C2)ccc1N(c1ccc(Br)cc1)c1ccc(Br)cc1.Cc1cc(-c2ccc3c(c2)C2CCC3CC2)ccc1N(c1ccc(Br)cc1)c1ccc(Br)cc1.[2H]C([2H])([2H])C1(C([2H])([2H])[2H])c2ccc(-c3ccc(N(c4ccc(Br)cc4)c4ccc(Br)cc4)c(C)c3)cc2C(C([2H])([2H])[2H])(C([2H])([2H])[2H])C1(C([2H])([2H])[2H])C([2H])([2H])[2H].[2H]c1c([2H])c2c(c([2H])c1-c1ccc(N(c3ccc(Br)cc3)c3ccc(Br)cc3)c(C)c1)C(C)(C)C(C)(C)C2(C)C. The molecule has 0 heterocycles. The zero-order valence-electron chi connectivity index (χ0n) is 103. The van der Waals surface area contributed by atoms with Crippen LogP contribution in [0.4, 0.5) is 68.2 Å². The molecule has 0 radical (unpaired) electrons. The Bertz CT molecular complexity index is 8200. The minimum absolute atomic E-state index is 0.0574. The molecule has 2 unspecified atom stereocenters. The molecule has 7 aliphatic rings. The quantitative estimate of drug-likeness (QED) is 0.0956. The van der Waals surface area contributed by atoms with E-state index in [1.807, 2.05) is 83.8 Å². The average Bonchev–Trinajstić information content (AvgIpc) is 1.43. The van der Waals surface area contributed by atoms with Crippen LogP contribution in [0.5, 0.6) is 0 Å². The van der Waals surface area contributed by atoms with Crippen molar-refractivity contribution in [2.75, 3.05) is 19.6 Å². The van der Waals surface area contributed by atoms with Crippen LogP contribution in [0.15, 0.2) is 375 Å². The minimum Gasteiger partial charge on any atom is -0.310 e. The maximum Gasteiger partial charge on any atom is 0.0632 e. The molecule has 16 aromatic rings. The van der Waals surface area contributed by atoms with Crippen LogP contribution in [0.2, 0.25) is 0 Å². The normalized spacial score (nSPS) is 21.3. The summed E-state index contributed by atoms with van der Waals surface area (Å²) in [6, 6.07) is 109. The van der Waals surface area contributed by atoms with Gasteiger partial charge in [-0.25, -0.2) is 0 Å². The molecule has 0 saturated heterocycles. The zero-order valence-corrected chi connectivity index (χ0v) is 94.7. The van der Waals surface area contributed by atoms with Crippen LogP contribution in [0.3, 0.4) is 0 Å². The Morgan fingerprint density at radius 1 is 0.238 bits per heavy atom. The Morgan fingerprint density at radius 2 is 0.503 bits per heavy atom. The van der Waals surface area contributed by atoms with Crippen LogP contribution >= 0.6 is 127 Å². The van der Waals surface area contributed by atoms with Crippen molar-refractivity contribution < 1.29 is 28.8 Å². The summed E-state index contributed by atoms with van der Waals surface area (Å²) in [5.41, 5.74) is 16.9. The lowest BCUT2D eigenvalue weighted by Crippen LogP contribution is -2.42. The monoisotopic (exact) mass is 2410 g/mol. The third kappa shape index (κ3) is 19.4. The average molecular weight is 2420 g/mol. The second-order valence-electron chi connectivity index (χ2n) is 41.5. The fourth-order valence-electron chi connectivity index (χ4n) is 22.7. The molecule has 0 aromatic heterocycles. The number of aryl methyl sites for hydroxylation is 4. The zero-order chi connectivity index (χ0) is 119. The van der Waals surface area contributed by atoms with E-state index in [-0.39, 0.29) is 33.9 Å². The van der Waals surface area contributed by atoms with Crippen molar-refractivity contribution in [2.45, 2.75) is 213 Å². The molecule has 4 bridgehead atoms. The topological polar surface area (TPSA) is 13.0 Å². The van der Waals surface area contributed by atoms with E-state index in [4.69, 9.17) is 27.4 Å². The van der Waals surface area contributed by atoms with Crippen molar-refractivity contribution in [3.05, 3.63) is 442 Å². The predicted octanol–water partition coefficient (Wildman–Crippen LogP) is 43.3. The number of halogens is 8. The molecule has 2 saturated carbocycles. The summed E-state index contributed by atoms with van der Waals surface area (Å²) in [7, 11) is 0. The predicted molar refractivity (Wildman–Crippen MR) is 639 cm³/mol. The molecule has 0 aliphatic heterocycles. The van der Waals surface area contributed by atoms with Gasteiger partial charge in [0.15, 0.2) is 0 Å². The maximum absolute atomic E-state index is 9.41. The fourth-order valence-corrected chi connectivity index (χ4v) is 24.8. The van der Waals surface area contributed by atoms with E-state index in [1.165, 1.54) is 95.8 Å². The van der Waals surface area contributed by atoms with E-state index in [2.05, 4.69) is 425 Å². The van der Waals surface area contributed by atoms with Crippen molar-refractivity contribution in [1.82, 2.24) is 0 Å². The van der Waals surface area contributed by atoms with E-state index in [9.17, 15) is 1.37 Å². The van der Waals surface area contributed by atoms with Gasteiger partial charge in [0.2, 0.25) is 0 Å². The van der Waals surface area contributed by atoms with Gasteiger partial charge in [0.05, 0.1) is 4.11 Å². The molecule has 12 heteroatoms. The Kier molecular flexibility index (Phi) is 22.0. The number of rotatable bonds is 16. The first-order valence-electron chi connectivity index (χ1n) is 59.1. The summed E-state index contributed by atoms with van der Waals surface area (Å²) in [5.74, 6) is 1.56. The van der Waals surface area contributed by atoms with Crippen LogP contribution in [-0.2, 0) is 32.5 Å². The van der Waals surface area contributed by atoms with Crippen LogP contribution in [0, 0.1) is 38.5 Å². The molecule has 0 spiro atoms. The first kappa shape index (κ1) is 78.8. The second-order valence-corrected chi connectivity index (χ2v) is 48.8. The highest BCUT2D eigenvalue weighted by atomic mass is 79.9. The van der Waals surface area contributed by atoms with Crippen LogP contribution in [0.25, 0.3) is 44.5 Å². The molecular formula is C131H126Br8N4. The van der Waals surface area contributed by atoms with Crippen molar-refractivity contribution >= 4 is 196 Å². The molecule has 4 nitrogen and oxygen atoms in total. The molecule has 16 aromatic carbocycles. The Balaban J connectivity index is 0.000000137. The van der Waals surface area contributed by atoms with E-state index < -0.39 is 68.5 Å². The third-order valence-corrected chi connectivity index (χ3v) is 36.1. The molecule has 7 aliphatic carbocycles. The van der Waals surface area contributed by atoms with Crippen molar-refractivity contribution in [3.8, 4) is 44.5 Å². The number of hydrogen-bond acceptors (Lipinski definition) is 4. The molecule has 0 N–H and O–H groups in total. The Hall–Kier alpha value is -9.44. The third-order valence-electron chi connectivity index (χ3n) is 31.9. The highest BCUT2D eigenvalue weighted by Crippen LogP contribution is 2.65. The molecule has 2 atom stereocenters. The highest BCUT2D eigenvalue weighted by molar-refractivity contribution is 9.11. The molecule has 726 valence electrons. The number of hydrogen-bond donors (Lipinski definition) is 0. The van der Waals surface area contributed by atoms with Crippen LogP contribution < -0.4 is 19.6 Å². The van der Waals surface area contributed by atoms with Gasteiger partial charge < -0.3 is 19.6 Å². The summed E-state index contributed by atoms with van der Waals surface area (Å²) in [6.07, 6.45) is 9.44. The van der Waals surface area contributed by atoms with Gasteiger partial charge in [-0.15, -0.1) is 0 Å². The van der Waals surface area contributed by atoms with Gasteiger partial charge in [-0.3, -0.25) is 0 Å². The van der Waals surface area contributed by atoms with Gasteiger partial charge >= 0.3 is 0 Å². The second kappa shape index (κ2) is 40.0. The highest BCUT2D eigenvalue weighted by Gasteiger charge is 2.59. The summed E-state index contributed by atoms with van der Waals surface area (Å²) in [4.78, 5) is 8.86. The molecule has 143 heavy (non-hydrogen) atoms. The lowest BCUT2D eigenvalue weighted by atomic mass is 9.59. The standard InChI is InChI=1S/2C34H35Br2N.C32H29Br2N.C31H27Br2N/c2*1-22-20-23(24-8-18-29-30(21-24)33(4,5)34(6,7)32(29,2)3)9-19-31(22)37(27-14-10-25(35)11-15-27)28-16-12-26(36)13-17-28;1-21-18-22(23-4-14-28-29(19-23)32(3)17-16-31(28,2)20-32)5-15-30(21)35(26-10-6-24(33)7-11-26)27-12-8-25(34)9-13-27;1-20-18-23(24-6-16-29-21-2-4-22(5-3-21)30(29)19-24)7-17-31(20)34(27-12-8-25(32)9-13-27)28-14-10-26(33)11-15-28/h2*8-21H,1-7H3;4-15,18-19H,16-17,20H2,1-3H3;6-19,21-22H,2-5H2,1H3/i2D3,3D3,4D3,5D3,6D3,7D3;8D,18D,21D;;. The molecular weight excluding hydrogens is 2270 g/mol. The summed E-state index contributed by atoms with van der Waals surface area (Å²) >= 11 is 28.3. The van der Waals surface area contributed by atoms with E-state index in [0.717, 1.165) is 133 Å². The van der Waals surface area contributed by atoms with E-state index in [0.29, 0.717) is 39.3 Å². The lowest BCUT2D eigenvalue weighted by Gasteiger charge is -2.44. The van der Waals surface area contributed by atoms with Gasteiger partial charge in [-0.1, -0.05) is 321 Å². The van der Waals surface area contributed by atoms with Gasteiger partial charge in [0.1, 0.15) is 0 Å². The summed E-state index contributed by atoms with van der Waals surface area (Å²) in [5, 5.41) is 0. The van der Waals surface area contributed by atoms with E-state index in [1.54, 1.807) is 47.4 Å². The van der Waals surface area contributed by atoms with Crippen LogP contribution in [0.1, 0.15) is 249 Å². The first-order chi connectivity index (χ1) is 76.8. The van der Waals surface area contributed by atoms with Gasteiger partial charge in [0, 0.05) is 129 Å². The summed E-state index contributed by atoms with van der Waals surface area (Å²) in [6.45, 7) is 1.29. The molecule has 2 fully saturated rings. The van der Waals surface area contributed by atoms with Gasteiger partial charge in [-0.05, 0) is 482 Å². The first-order valence-corrected chi connectivity index (χ1v) is 54.9. The Morgan fingerprint density at radius 3 is 0.825 bits per heavy atom. The minimum atomic E-state index is -4.44. The van der Waals surface area contributed by atoms with Crippen molar-refractivity contribution in [3.63, 3.8) is 0 Å². The molecule has 23 rings (SSSR count). The molecule has 0 amide bonds. The number of anilines is 12. The smallest absolute Gasteiger partial charge is 0.0632 e. The van der Waals surface area contributed by atoms with E-state index >= 15 is 0 Å². The lowest BCUT2D eigenvalue weighted by molar-refractivity contribution is 0.125. The number of benzene rings is 16. The largest absolute Gasteiger partial charge is 0.310 e. The number of fused-ring (bicyclic) bond motifs is 9.